The predicted molar refractivity (Wildman–Crippen MR) is 133 cm³/mol. The summed E-state index contributed by atoms with van der Waals surface area (Å²) in [6, 6.07) is 9.64. The second kappa shape index (κ2) is 12.3. The Morgan fingerprint density at radius 1 is 1.12 bits per heavy atom. The number of pyridine rings is 1. The maximum atomic E-state index is 10.9. The van der Waals surface area contributed by atoms with Crippen LogP contribution >= 0.6 is 35.0 Å². The molecule has 0 spiro atoms. The van der Waals surface area contributed by atoms with Crippen LogP contribution in [-0.2, 0) is 24.1 Å². The molecule has 0 aliphatic heterocycles. The van der Waals surface area contributed by atoms with Crippen molar-refractivity contribution in [2.45, 2.75) is 61.9 Å². The van der Waals surface area contributed by atoms with Crippen molar-refractivity contribution in [2.24, 2.45) is 5.73 Å². The predicted octanol–water partition coefficient (Wildman–Crippen LogP) is 6.52. The number of amides is 1. The highest BCUT2D eigenvalue weighted by atomic mass is 35.5. The average Bonchev–Trinajstić information content (AvgIpc) is 3.08. The van der Waals surface area contributed by atoms with Crippen molar-refractivity contribution >= 4 is 41.1 Å². The van der Waals surface area contributed by atoms with E-state index in [-0.39, 0.29) is 12.5 Å². The van der Waals surface area contributed by atoms with Gasteiger partial charge in [-0.05, 0) is 61.1 Å². The smallest absolute Gasteiger partial charge is 0.404 e. The van der Waals surface area contributed by atoms with Gasteiger partial charge in [-0.2, -0.15) is 0 Å². The van der Waals surface area contributed by atoms with E-state index in [2.05, 4.69) is 23.4 Å². The summed E-state index contributed by atoms with van der Waals surface area (Å²) in [5.74, 6) is 1.21. The molecule has 1 amide bonds. The topological polar surface area (TPSA) is 83.0 Å². The van der Waals surface area contributed by atoms with Crippen LogP contribution in [0.5, 0.6) is 0 Å². The van der Waals surface area contributed by atoms with E-state index in [0.717, 1.165) is 40.8 Å². The SMILES string of the molecule is CC(C)c1nc(CCCOC(N)=O)n(CCCc2ccncc2)c1Sc1cc(Cl)cc(Cl)c1. The molecule has 176 valence electrons. The Morgan fingerprint density at radius 3 is 2.45 bits per heavy atom. The van der Waals surface area contributed by atoms with E-state index in [1.807, 2.05) is 36.7 Å². The third kappa shape index (κ3) is 7.66. The van der Waals surface area contributed by atoms with Crippen LogP contribution in [0.15, 0.2) is 52.6 Å². The number of ether oxygens (including phenoxy) is 1. The minimum atomic E-state index is -0.757. The number of benzene rings is 1. The highest BCUT2D eigenvalue weighted by Crippen LogP contribution is 2.37. The van der Waals surface area contributed by atoms with E-state index >= 15 is 0 Å². The number of hydrogen-bond acceptors (Lipinski definition) is 5. The number of carbonyl (C=O) groups excluding carboxylic acids is 1. The molecule has 0 fully saturated rings. The van der Waals surface area contributed by atoms with Gasteiger partial charge in [0.15, 0.2) is 0 Å². The molecule has 0 aliphatic rings. The lowest BCUT2D eigenvalue weighted by molar-refractivity contribution is 0.155. The number of hydrogen-bond donors (Lipinski definition) is 1. The van der Waals surface area contributed by atoms with Crippen molar-refractivity contribution in [1.29, 1.82) is 0 Å². The number of carbonyl (C=O) groups is 1. The van der Waals surface area contributed by atoms with Gasteiger partial charge in [0.05, 0.1) is 12.3 Å². The fraction of sp³-hybridized carbons (Fsp3) is 0.375. The average molecular weight is 507 g/mol. The summed E-state index contributed by atoms with van der Waals surface area (Å²) in [4.78, 5) is 21.0. The van der Waals surface area contributed by atoms with E-state index in [0.29, 0.717) is 22.9 Å². The van der Waals surface area contributed by atoms with E-state index in [9.17, 15) is 4.79 Å². The Bertz CT molecular complexity index is 1050. The molecule has 0 radical (unpaired) electrons. The second-order valence-corrected chi connectivity index (χ2v) is 9.90. The Morgan fingerprint density at radius 2 is 1.82 bits per heavy atom. The Labute approximate surface area is 208 Å². The number of aromatic nitrogens is 3. The summed E-state index contributed by atoms with van der Waals surface area (Å²) < 4.78 is 7.19. The van der Waals surface area contributed by atoms with Gasteiger partial charge in [-0.15, -0.1) is 0 Å². The number of nitrogens with two attached hydrogens (primary N) is 1. The molecule has 3 aromatic rings. The van der Waals surface area contributed by atoms with Crippen LogP contribution in [0, 0.1) is 0 Å². The number of primary amides is 1. The Kier molecular flexibility index (Phi) is 9.47. The number of halogens is 2. The summed E-state index contributed by atoms with van der Waals surface area (Å²) in [7, 11) is 0. The summed E-state index contributed by atoms with van der Waals surface area (Å²) in [6.07, 6.45) is 6.10. The first-order chi connectivity index (χ1) is 15.8. The fourth-order valence-corrected chi connectivity index (χ4v) is 5.44. The Balaban J connectivity index is 1.88. The van der Waals surface area contributed by atoms with E-state index in [1.165, 1.54) is 5.56 Å². The van der Waals surface area contributed by atoms with Crippen molar-refractivity contribution in [3.63, 3.8) is 0 Å². The molecule has 1 aromatic carbocycles. The quantitative estimate of drug-likeness (QED) is 0.299. The van der Waals surface area contributed by atoms with E-state index in [4.69, 9.17) is 38.7 Å². The molecule has 0 unspecified atom stereocenters. The van der Waals surface area contributed by atoms with Crippen molar-refractivity contribution in [3.05, 3.63) is 69.9 Å². The molecule has 2 aromatic heterocycles. The number of imidazole rings is 1. The molecule has 2 N–H and O–H groups in total. The maximum Gasteiger partial charge on any atom is 0.404 e. The zero-order chi connectivity index (χ0) is 23.8. The monoisotopic (exact) mass is 506 g/mol. The highest BCUT2D eigenvalue weighted by molar-refractivity contribution is 7.99. The highest BCUT2D eigenvalue weighted by Gasteiger charge is 2.21. The largest absolute Gasteiger partial charge is 0.450 e. The lowest BCUT2D eigenvalue weighted by Gasteiger charge is -2.14. The summed E-state index contributed by atoms with van der Waals surface area (Å²) in [6.45, 7) is 5.35. The van der Waals surface area contributed by atoms with Crippen LogP contribution < -0.4 is 5.73 Å². The zero-order valence-electron chi connectivity index (χ0n) is 18.8. The third-order valence-corrected chi connectivity index (χ3v) is 6.54. The molecule has 0 saturated carbocycles. The van der Waals surface area contributed by atoms with Crippen molar-refractivity contribution in [3.8, 4) is 0 Å². The first kappa shape index (κ1) is 25.4. The van der Waals surface area contributed by atoms with Gasteiger partial charge in [-0.25, -0.2) is 9.78 Å². The summed E-state index contributed by atoms with van der Waals surface area (Å²) >= 11 is 14.1. The van der Waals surface area contributed by atoms with Crippen LogP contribution in [0.3, 0.4) is 0 Å². The normalized spacial score (nSPS) is 11.2. The number of aryl methyl sites for hydroxylation is 2. The van der Waals surface area contributed by atoms with Gasteiger partial charge in [0.25, 0.3) is 0 Å². The van der Waals surface area contributed by atoms with Gasteiger partial charge >= 0.3 is 6.09 Å². The second-order valence-electron chi connectivity index (χ2n) is 7.96. The standard InChI is InChI=1S/C24H28Cl2N4O2S/c1-16(2)22-23(33-20-14-18(25)13-19(26)15-20)30(11-3-5-17-7-9-28-10-8-17)21(29-22)6-4-12-32-24(27)31/h7-10,13-16H,3-6,11-12H2,1-2H3,(H2,27,31). The zero-order valence-corrected chi connectivity index (χ0v) is 21.1. The van der Waals surface area contributed by atoms with Gasteiger partial charge in [0.1, 0.15) is 10.9 Å². The maximum absolute atomic E-state index is 10.9. The number of nitrogens with zero attached hydrogens (tertiary/aromatic N) is 3. The van der Waals surface area contributed by atoms with Gasteiger partial charge < -0.3 is 15.0 Å². The fourth-order valence-electron chi connectivity index (χ4n) is 3.50. The van der Waals surface area contributed by atoms with Gasteiger partial charge in [0.2, 0.25) is 0 Å². The van der Waals surface area contributed by atoms with Crippen molar-refractivity contribution < 1.29 is 9.53 Å². The molecule has 0 bridgehead atoms. The Hall–Kier alpha value is -2.22. The first-order valence-electron chi connectivity index (χ1n) is 10.9. The third-order valence-electron chi connectivity index (χ3n) is 5.01. The van der Waals surface area contributed by atoms with E-state index < -0.39 is 6.09 Å². The minimum absolute atomic E-state index is 0.240. The lowest BCUT2D eigenvalue weighted by Crippen LogP contribution is -2.14. The first-order valence-corrected chi connectivity index (χ1v) is 12.4. The van der Waals surface area contributed by atoms with Crippen molar-refractivity contribution in [1.82, 2.24) is 14.5 Å². The molecule has 0 atom stereocenters. The molecule has 6 nitrogen and oxygen atoms in total. The van der Waals surface area contributed by atoms with Gasteiger partial charge in [-0.3, -0.25) is 4.98 Å². The van der Waals surface area contributed by atoms with Gasteiger partial charge in [0, 0.05) is 40.3 Å². The molecule has 3 rings (SSSR count). The molecular formula is C24H28Cl2N4O2S. The molecule has 0 saturated heterocycles. The molecule has 2 heterocycles. The lowest BCUT2D eigenvalue weighted by atomic mass is 10.1. The summed E-state index contributed by atoms with van der Waals surface area (Å²) in [5, 5.41) is 2.29. The minimum Gasteiger partial charge on any atom is -0.450 e. The van der Waals surface area contributed by atoms with E-state index in [1.54, 1.807) is 17.8 Å². The molecule has 33 heavy (non-hydrogen) atoms. The molecule has 9 heteroatoms. The van der Waals surface area contributed by atoms with Gasteiger partial charge in [-0.1, -0.05) is 48.8 Å². The van der Waals surface area contributed by atoms with Crippen LogP contribution in [0.4, 0.5) is 4.79 Å². The van der Waals surface area contributed by atoms with Crippen LogP contribution in [0.1, 0.15) is 49.7 Å². The molecular weight excluding hydrogens is 479 g/mol. The summed E-state index contributed by atoms with van der Waals surface area (Å²) in [5.41, 5.74) is 7.37. The molecule has 0 aliphatic carbocycles. The van der Waals surface area contributed by atoms with Crippen LogP contribution in [0.25, 0.3) is 0 Å². The number of rotatable bonds is 11. The van der Waals surface area contributed by atoms with Crippen molar-refractivity contribution in [2.75, 3.05) is 6.61 Å². The van der Waals surface area contributed by atoms with Crippen LogP contribution in [0.2, 0.25) is 10.0 Å². The van der Waals surface area contributed by atoms with Crippen LogP contribution in [-0.4, -0.2) is 27.2 Å².